The van der Waals surface area contributed by atoms with E-state index in [0.29, 0.717) is 6.54 Å². The zero-order valence-corrected chi connectivity index (χ0v) is 8.14. The van der Waals surface area contributed by atoms with Crippen LogP contribution in [-0.2, 0) is 11.3 Å². The van der Waals surface area contributed by atoms with Gasteiger partial charge in [0.2, 0.25) is 5.91 Å². The van der Waals surface area contributed by atoms with Gasteiger partial charge in [0, 0.05) is 18.9 Å². The Bertz CT molecular complexity index is 345. The van der Waals surface area contributed by atoms with Gasteiger partial charge in [-0.2, -0.15) is 0 Å². The van der Waals surface area contributed by atoms with Gasteiger partial charge >= 0.3 is 6.03 Å². The summed E-state index contributed by atoms with van der Waals surface area (Å²) in [5.41, 5.74) is 0. The smallest absolute Gasteiger partial charge is 0.321 e. The molecule has 1 rings (SSSR count). The molecule has 0 saturated heterocycles. The number of aromatic nitrogens is 2. The molecule has 3 amide bonds. The van der Waals surface area contributed by atoms with Gasteiger partial charge in [-0.15, -0.1) is 6.58 Å². The highest BCUT2D eigenvalue weighted by Gasteiger charge is 2.06. The summed E-state index contributed by atoms with van der Waals surface area (Å²) in [6.45, 7) is 3.83. The number of hydrogen-bond donors (Lipinski definition) is 2. The number of nitrogens with zero attached hydrogens (tertiary/aromatic N) is 2. The van der Waals surface area contributed by atoms with E-state index in [9.17, 15) is 9.59 Å². The molecule has 15 heavy (non-hydrogen) atoms. The average Bonchev–Trinajstić information content (AvgIpc) is 2.67. The molecule has 1 aromatic heterocycles. The number of carbonyl (C=O) groups excluding carboxylic acids is 2. The van der Waals surface area contributed by atoms with Crippen LogP contribution in [0, 0.1) is 0 Å². The fourth-order valence-electron chi connectivity index (χ4n) is 0.921. The summed E-state index contributed by atoms with van der Waals surface area (Å²) < 4.78 is 1.57. The monoisotopic (exact) mass is 208 g/mol. The minimum Gasteiger partial charge on any atom is -0.334 e. The van der Waals surface area contributed by atoms with Gasteiger partial charge in [-0.05, 0) is 0 Å². The summed E-state index contributed by atoms with van der Waals surface area (Å²) in [5, 5.41) is 4.60. The fraction of sp³-hybridized carbons (Fsp3) is 0.222. The molecule has 2 N–H and O–H groups in total. The first-order chi connectivity index (χ1) is 7.22. The molecule has 0 bridgehead atoms. The molecule has 1 heterocycles. The first-order valence-corrected chi connectivity index (χ1v) is 4.36. The third-order valence-corrected chi connectivity index (χ3v) is 1.55. The van der Waals surface area contributed by atoms with Crippen molar-refractivity contribution >= 4 is 11.9 Å². The standard InChI is InChI=1S/C9H12N4O2/c1-2-3-11-9(15)12-8(14)6-13-5-4-10-7-13/h2,4-5,7H,1,3,6H2,(H2,11,12,14,15). The van der Waals surface area contributed by atoms with Crippen LogP contribution in [0.3, 0.4) is 0 Å². The lowest BCUT2D eigenvalue weighted by molar-refractivity contribution is -0.120. The number of amides is 3. The first kappa shape index (κ1) is 11.0. The van der Waals surface area contributed by atoms with Crippen LogP contribution < -0.4 is 10.6 Å². The molecule has 0 saturated carbocycles. The Kier molecular flexibility index (Phi) is 4.08. The van der Waals surface area contributed by atoms with Gasteiger partial charge in [0.1, 0.15) is 6.54 Å². The van der Waals surface area contributed by atoms with Crippen LogP contribution in [0.25, 0.3) is 0 Å². The zero-order chi connectivity index (χ0) is 11.1. The van der Waals surface area contributed by atoms with E-state index in [0.717, 1.165) is 0 Å². The molecule has 6 heteroatoms. The number of rotatable bonds is 4. The maximum Gasteiger partial charge on any atom is 0.321 e. The number of imide groups is 1. The topological polar surface area (TPSA) is 76.0 Å². The average molecular weight is 208 g/mol. The second kappa shape index (κ2) is 5.58. The van der Waals surface area contributed by atoms with Crippen LogP contribution in [0.15, 0.2) is 31.4 Å². The van der Waals surface area contributed by atoms with Gasteiger partial charge in [0.05, 0.1) is 6.33 Å². The summed E-state index contributed by atoms with van der Waals surface area (Å²) in [4.78, 5) is 26.0. The van der Waals surface area contributed by atoms with Crippen LogP contribution >= 0.6 is 0 Å². The summed E-state index contributed by atoms with van der Waals surface area (Å²) in [5.74, 6) is -0.394. The van der Waals surface area contributed by atoms with Crippen molar-refractivity contribution in [2.24, 2.45) is 0 Å². The summed E-state index contributed by atoms with van der Waals surface area (Å²) >= 11 is 0. The van der Waals surface area contributed by atoms with Gasteiger partial charge in [0.15, 0.2) is 0 Å². The molecule has 80 valence electrons. The van der Waals surface area contributed by atoms with Crippen molar-refractivity contribution in [3.05, 3.63) is 31.4 Å². The molecule has 0 radical (unpaired) electrons. The molecule has 0 aliphatic heterocycles. The van der Waals surface area contributed by atoms with E-state index in [1.165, 1.54) is 12.4 Å². The second-order valence-electron chi connectivity index (χ2n) is 2.78. The normalized spacial score (nSPS) is 9.33. The van der Waals surface area contributed by atoms with E-state index >= 15 is 0 Å². The molecule has 0 aliphatic rings. The number of imidazole rings is 1. The Balaban J connectivity index is 2.29. The maximum atomic E-state index is 11.2. The Hall–Kier alpha value is -2.11. The molecule has 0 spiro atoms. The summed E-state index contributed by atoms with van der Waals surface area (Å²) in [7, 11) is 0. The Morgan fingerprint density at radius 3 is 2.93 bits per heavy atom. The third-order valence-electron chi connectivity index (χ3n) is 1.55. The lowest BCUT2D eigenvalue weighted by Crippen LogP contribution is -2.40. The van der Waals surface area contributed by atoms with E-state index in [-0.39, 0.29) is 6.54 Å². The van der Waals surface area contributed by atoms with Gasteiger partial charge in [0.25, 0.3) is 0 Å². The van der Waals surface area contributed by atoms with Crippen LogP contribution in [0.1, 0.15) is 0 Å². The highest BCUT2D eigenvalue weighted by molar-refractivity contribution is 5.94. The predicted molar refractivity (Wildman–Crippen MR) is 54.0 cm³/mol. The van der Waals surface area contributed by atoms with Crippen LogP contribution in [0.5, 0.6) is 0 Å². The maximum absolute atomic E-state index is 11.2. The van der Waals surface area contributed by atoms with Gasteiger partial charge in [-0.3, -0.25) is 10.1 Å². The van der Waals surface area contributed by atoms with Crippen molar-refractivity contribution in [2.45, 2.75) is 6.54 Å². The van der Waals surface area contributed by atoms with E-state index in [1.54, 1.807) is 17.0 Å². The van der Waals surface area contributed by atoms with Crippen LogP contribution in [-0.4, -0.2) is 28.0 Å². The lowest BCUT2D eigenvalue weighted by Gasteiger charge is -2.04. The van der Waals surface area contributed by atoms with Crippen molar-refractivity contribution in [3.8, 4) is 0 Å². The predicted octanol–water partition coefficient (Wildman–Crippen LogP) is -0.105. The van der Waals surface area contributed by atoms with Crippen molar-refractivity contribution in [1.29, 1.82) is 0 Å². The molecule has 0 aromatic carbocycles. The van der Waals surface area contributed by atoms with E-state index < -0.39 is 11.9 Å². The molecular formula is C9H12N4O2. The second-order valence-corrected chi connectivity index (χ2v) is 2.78. The largest absolute Gasteiger partial charge is 0.334 e. The molecule has 0 fully saturated rings. The Morgan fingerprint density at radius 2 is 2.33 bits per heavy atom. The SMILES string of the molecule is C=CCNC(=O)NC(=O)Cn1ccnc1. The summed E-state index contributed by atoms with van der Waals surface area (Å²) in [6, 6.07) is -0.528. The molecular weight excluding hydrogens is 196 g/mol. The molecule has 0 aliphatic carbocycles. The number of nitrogens with one attached hydrogen (secondary N) is 2. The zero-order valence-electron chi connectivity index (χ0n) is 8.14. The van der Waals surface area contributed by atoms with Crippen molar-refractivity contribution < 1.29 is 9.59 Å². The molecule has 0 unspecified atom stereocenters. The van der Waals surface area contributed by atoms with Crippen molar-refractivity contribution in [3.63, 3.8) is 0 Å². The molecule has 0 atom stereocenters. The van der Waals surface area contributed by atoms with Gasteiger partial charge in [-0.25, -0.2) is 9.78 Å². The van der Waals surface area contributed by atoms with E-state index in [4.69, 9.17) is 0 Å². The first-order valence-electron chi connectivity index (χ1n) is 4.36. The van der Waals surface area contributed by atoms with Crippen LogP contribution in [0.4, 0.5) is 4.79 Å². The summed E-state index contributed by atoms with van der Waals surface area (Å²) in [6.07, 6.45) is 6.23. The molecule has 1 aromatic rings. The van der Waals surface area contributed by atoms with Gasteiger partial charge in [-0.1, -0.05) is 6.08 Å². The number of urea groups is 1. The van der Waals surface area contributed by atoms with Crippen molar-refractivity contribution in [1.82, 2.24) is 20.2 Å². The quantitative estimate of drug-likeness (QED) is 0.678. The minimum absolute atomic E-state index is 0.0709. The highest BCUT2D eigenvalue weighted by Crippen LogP contribution is 1.84. The van der Waals surface area contributed by atoms with E-state index in [2.05, 4.69) is 22.2 Å². The minimum atomic E-state index is -0.528. The van der Waals surface area contributed by atoms with Gasteiger partial charge < -0.3 is 9.88 Å². The Labute approximate surface area is 87.0 Å². The van der Waals surface area contributed by atoms with Crippen molar-refractivity contribution in [2.75, 3.05) is 6.54 Å². The van der Waals surface area contributed by atoms with Crippen LogP contribution in [0.2, 0.25) is 0 Å². The van der Waals surface area contributed by atoms with E-state index in [1.807, 2.05) is 0 Å². The third kappa shape index (κ3) is 4.08. The molecule has 6 nitrogen and oxygen atoms in total. The fourth-order valence-corrected chi connectivity index (χ4v) is 0.921. The highest BCUT2D eigenvalue weighted by atomic mass is 16.2. The number of carbonyl (C=O) groups is 2. The lowest BCUT2D eigenvalue weighted by atomic mass is 10.5. The number of hydrogen-bond acceptors (Lipinski definition) is 3. The Morgan fingerprint density at radius 1 is 1.53 bits per heavy atom.